The number of carboxylic acids is 1. The van der Waals surface area contributed by atoms with Gasteiger partial charge >= 0.3 is 5.97 Å². The van der Waals surface area contributed by atoms with Crippen LogP contribution >= 0.6 is 0 Å². The van der Waals surface area contributed by atoms with Crippen molar-refractivity contribution in [3.63, 3.8) is 0 Å². The summed E-state index contributed by atoms with van der Waals surface area (Å²) in [6, 6.07) is 13.4. The molecule has 3 rings (SSSR count). The summed E-state index contributed by atoms with van der Waals surface area (Å²) < 4.78 is 7.85. The lowest BCUT2D eigenvalue weighted by molar-refractivity contribution is 0.0682. The molecular weight excluding hydrogens is 400 g/mol. The lowest BCUT2D eigenvalue weighted by Gasteiger charge is -2.11. The number of imidazole rings is 1. The molecule has 0 aliphatic carbocycles. The van der Waals surface area contributed by atoms with Gasteiger partial charge in [-0.15, -0.1) is 0 Å². The predicted molar refractivity (Wildman–Crippen MR) is 130 cm³/mol. The summed E-state index contributed by atoms with van der Waals surface area (Å²) in [6.07, 6.45) is 7.70. The minimum atomic E-state index is -0.933. The van der Waals surface area contributed by atoms with E-state index >= 15 is 0 Å². The number of benzene rings is 2. The van der Waals surface area contributed by atoms with Gasteiger partial charge in [-0.1, -0.05) is 80.6 Å². The Morgan fingerprint density at radius 2 is 1.91 bits per heavy atom. The van der Waals surface area contributed by atoms with Crippen molar-refractivity contribution in [2.75, 3.05) is 0 Å². The number of allylic oxidation sites excluding steroid dienone is 2. The summed E-state index contributed by atoms with van der Waals surface area (Å²) in [5.74, 6) is -0.933. The van der Waals surface area contributed by atoms with E-state index in [1.807, 2.05) is 48.7 Å². The number of ether oxygens (including phenoxy) is 1. The zero-order valence-electron chi connectivity index (χ0n) is 19.3. The highest BCUT2D eigenvalue weighted by molar-refractivity contribution is 5.91. The first-order chi connectivity index (χ1) is 15.5. The van der Waals surface area contributed by atoms with Crippen molar-refractivity contribution < 1.29 is 14.6 Å². The fourth-order valence-corrected chi connectivity index (χ4v) is 3.28. The molecule has 0 bridgehead atoms. The number of carbonyl (C=O) groups is 1. The summed E-state index contributed by atoms with van der Waals surface area (Å²) in [4.78, 5) is 15.7. The third kappa shape index (κ3) is 6.79. The lowest BCUT2D eigenvalue weighted by Crippen LogP contribution is -2.21. The van der Waals surface area contributed by atoms with Crippen molar-refractivity contribution in [3.8, 4) is 0 Å². The first kappa shape index (κ1) is 24.8. The van der Waals surface area contributed by atoms with Crippen LogP contribution in [0.15, 0.2) is 66.6 Å². The van der Waals surface area contributed by atoms with Crippen LogP contribution in [0.3, 0.4) is 0 Å². The Balaban J connectivity index is 0.00000176. The molecule has 2 aromatic carbocycles. The fraction of sp³-hybridized carbons (Fsp3) is 0.259. The molecule has 0 saturated carbocycles. The van der Waals surface area contributed by atoms with E-state index in [1.165, 1.54) is 5.57 Å². The van der Waals surface area contributed by atoms with Crippen molar-refractivity contribution in [1.82, 2.24) is 9.55 Å². The Kier molecular flexibility index (Phi) is 9.64. The van der Waals surface area contributed by atoms with E-state index in [4.69, 9.17) is 4.74 Å². The number of rotatable bonds is 8. The van der Waals surface area contributed by atoms with Crippen LogP contribution in [-0.2, 0) is 24.5 Å². The molecule has 0 fully saturated rings. The number of aromatic carboxylic acids is 1. The molecule has 3 aromatic rings. The van der Waals surface area contributed by atoms with Gasteiger partial charge in [-0.2, -0.15) is 0 Å². The van der Waals surface area contributed by atoms with Crippen LogP contribution in [0, 0.1) is 6.92 Å². The van der Waals surface area contributed by atoms with Crippen molar-refractivity contribution >= 4 is 18.6 Å². The maximum atomic E-state index is 11.5. The molecule has 1 heterocycles. The molecule has 0 saturated heterocycles. The number of aromatic nitrogens is 2. The molecule has 5 heteroatoms. The second kappa shape index (κ2) is 12.4. The molecule has 5 nitrogen and oxygen atoms in total. The largest absolute Gasteiger partial charge is 0.478 e. The number of nitrogens with zero attached hydrogens (tertiary/aromatic N) is 2. The van der Waals surface area contributed by atoms with Gasteiger partial charge in [-0.05, 0) is 35.4 Å². The Morgan fingerprint density at radius 1 is 1.16 bits per heavy atom. The molecule has 0 unspecified atom stereocenters. The average molecular weight is 433 g/mol. The molecule has 0 atom stereocenters. The van der Waals surface area contributed by atoms with Crippen LogP contribution in [-0.4, -0.2) is 20.6 Å². The van der Waals surface area contributed by atoms with Gasteiger partial charge in [0.25, 0.3) is 0 Å². The standard InChI is InChI=1S/C25H26N2O3.C2H6/c1-18(11-12-21-9-5-4-7-19(21)2)14-27-17-26-13-23(27)16-30-15-22-10-6-8-20(3)24(22)25(28)29;1-2/h4-13,17H,2,14-16H2,1,3H3,(H,28,29);1-2H3/b18-11+,21-12-;. The maximum absolute atomic E-state index is 11.5. The van der Waals surface area contributed by atoms with Crippen LogP contribution < -0.4 is 10.4 Å². The molecule has 0 aliphatic rings. The Labute approximate surface area is 190 Å². The normalized spacial score (nSPS) is 11.8. The molecule has 0 radical (unpaired) electrons. The minimum absolute atomic E-state index is 0.234. The highest BCUT2D eigenvalue weighted by Gasteiger charge is 2.13. The van der Waals surface area contributed by atoms with Crippen molar-refractivity contribution in [3.05, 3.63) is 99.5 Å². The van der Waals surface area contributed by atoms with Crippen LogP contribution in [0.4, 0.5) is 0 Å². The quantitative estimate of drug-likeness (QED) is 0.570. The van der Waals surface area contributed by atoms with Gasteiger partial charge in [0, 0.05) is 6.54 Å². The molecule has 1 aromatic heterocycles. The van der Waals surface area contributed by atoms with Gasteiger partial charge in [-0.25, -0.2) is 9.78 Å². The number of aryl methyl sites for hydroxylation is 1. The second-order valence-electron chi connectivity index (χ2n) is 7.30. The Morgan fingerprint density at radius 3 is 2.62 bits per heavy atom. The van der Waals surface area contributed by atoms with Crippen molar-refractivity contribution in [2.24, 2.45) is 0 Å². The van der Waals surface area contributed by atoms with E-state index in [0.717, 1.165) is 21.7 Å². The summed E-state index contributed by atoms with van der Waals surface area (Å²) in [5.41, 5.74) is 3.82. The summed E-state index contributed by atoms with van der Waals surface area (Å²) in [6.45, 7) is 13.2. The summed E-state index contributed by atoms with van der Waals surface area (Å²) in [5, 5.41) is 11.5. The third-order valence-electron chi connectivity index (χ3n) is 4.90. The van der Waals surface area contributed by atoms with Gasteiger partial charge in [0.15, 0.2) is 0 Å². The number of hydrogen-bond donors (Lipinski definition) is 1. The van der Waals surface area contributed by atoms with Crippen LogP contribution in [0.2, 0.25) is 0 Å². The SMILES string of the molecule is C=c1cccc/c1=C/C=C(\C)Cn1cncc1COCc1cccc(C)c1C(=O)O.CC. The third-order valence-corrected chi connectivity index (χ3v) is 4.90. The molecule has 168 valence electrons. The minimum Gasteiger partial charge on any atom is -0.478 e. The average Bonchev–Trinajstić information content (AvgIpc) is 3.21. The summed E-state index contributed by atoms with van der Waals surface area (Å²) in [7, 11) is 0. The topological polar surface area (TPSA) is 64.4 Å². The first-order valence-corrected chi connectivity index (χ1v) is 10.8. The molecule has 0 aliphatic heterocycles. The van der Waals surface area contributed by atoms with Crippen molar-refractivity contribution in [2.45, 2.75) is 47.5 Å². The van der Waals surface area contributed by atoms with E-state index in [9.17, 15) is 9.90 Å². The smallest absolute Gasteiger partial charge is 0.336 e. The number of hydrogen-bond acceptors (Lipinski definition) is 3. The van der Waals surface area contributed by atoms with Gasteiger partial charge in [0.2, 0.25) is 0 Å². The van der Waals surface area contributed by atoms with E-state index in [2.05, 4.69) is 30.6 Å². The molecule has 32 heavy (non-hydrogen) atoms. The number of carboxylic acid groups (broad SMARTS) is 1. The Bertz CT molecular complexity index is 1180. The molecule has 1 N–H and O–H groups in total. The highest BCUT2D eigenvalue weighted by atomic mass is 16.5. The molecule has 0 spiro atoms. The predicted octanol–water partition coefficient (Wildman–Crippen LogP) is 4.47. The van der Waals surface area contributed by atoms with Gasteiger partial charge < -0.3 is 14.4 Å². The Hall–Kier alpha value is -3.44. The van der Waals surface area contributed by atoms with E-state index in [1.54, 1.807) is 31.6 Å². The molecular formula is C27H32N2O3. The monoisotopic (exact) mass is 432 g/mol. The lowest BCUT2D eigenvalue weighted by atomic mass is 10.0. The fourth-order valence-electron chi connectivity index (χ4n) is 3.28. The first-order valence-electron chi connectivity index (χ1n) is 10.8. The van der Waals surface area contributed by atoms with E-state index < -0.39 is 5.97 Å². The molecule has 0 amide bonds. The second-order valence-corrected chi connectivity index (χ2v) is 7.30. The highest BCUT2D eigenvalue weighted by Crippen LogP contribution is 2.16. The van der Waals surface area contributed by atoms with E-state index in [0.29, 0.717) is 24.3 Å². The van der Waals surface area contributed by atoms with Crippen molar-refractivity contribution in [1.29, 1.82) is 0 Å². The van der Waals surface area contributed by atoms with Gasteiger partial charge in [-0.3, -0.25) is 0 Å². The van der Waals surface area contributed by atoms with Crippen LogP contribution in [0.25, 0.3) is 12.7 Å². The van der Waals surface area contributed by atoms with Crippen LogP contribution in [0.1, 0.15) is 48.0 Å². The maximum Gasteiger partial charge on any atom is 0.336 e. The summed E-state index contributed by atoms with van der Waals surface area (Å²) >= 11 is 0. The zero-order chi connectivity index (χ0) is 23.5. The van der Waals surface area contributed by atoms with E-state index in [-0.39, 0.29) is 6.61 Å². The zero-order valence-corrected chi connectivity index (χ0v) is 19.3. The van der Waals surface area contributed by atoms with Gasteiger partial charge in [0.05, 0.1) is 37.0 Å². The van der Waals surface area contributed by atoms with Gasteiger partial charge in [0.1, 0.15) is 0 Å². The van der Waals surface area contributed by atoms with Crippen LogP contribution in [0.5, 0.6) is 0 Å².